The SMILES string of the molecule is CCC/C(=C\c1ccc(O)c2ccccc12)CC[C@H]1OB(O)C[C@H]2C1=C(CO)C[C@H]1C(=O)N(C3CCCCC3)C(=O)[C@H]12. The number of hydrogen-bond donors (Lipinski definition) is 3. The summed E-state index contributed by atoms with van der Waals surface area (Å²) in [7, 11) is -1.02. The lowest BCUT2D eigenvalue weighted by molar-refractivity contribution is -0.143. The Morgan fingerprint density at radius 1 is 1.02 bits per heavy atom. The number of phenols is 1. The summed E-state index contributed by atoms with van der Waals surface area (Å²) in [5.41, 5.74) is 4.02. The summed E-state index contributed by atoms with van der Waals surface area (Å²) in [6.07, 6.45) is 10.6. The zero-order valence-corrected chi connectivity index (χ0v) is 24.5. The fourth-order valence-electron chi connectivity index (χ4n) is 8.19. The first-order chi connectivity index (χ1) is 20.4. The Kier molecular flexibility index (Phi) is 8.57. The van der Waals surface area contributed by atoms with Crippen LogP contribution in [0.25, 0.3) is 16.8 Å². The number of aromatic hydroxyl groups is 1. The van der Waals surface area contributed by atoms with Crippen LogP contribution in [-0.2, 0) is 14.2 Å². The lowest BCUT2D eigenvalue weighted by Crippen LogP contribution is -2.47. The number of fused-ring (bicyclic) bond motifs is 4. The molecule has 0 unspecified atom stereocenters. The number of hydrogen-bond acceptors (Lipinski definition) is 6. The lowest BCUT2D eigenvalue weighted by atomic mass is 9.58. The highest BCUT2D eigenvalue weighted by atomic mass is 16.5. The number of benzene rings is 2. The maximum absolute atomic E-state index is 13.9. The van der Waals surface area contributed by atoms with Crippen LogP contribution >= 0.6 is 0 Å². The fourth-order valence-corrected chi connectivity index (χ4v) is 8.19. The molecule has 1 saturated carbocycles. The molecule has 4 atom stereocenters. The van der Waals surface area contributed by atoms with Gasteiger partial charge in [-0.25, -0.2) is 0 Å². The Morgan fingerprint density at radius 2 is 1.79 bits per heavy atom. The molecule has 6 rings (SSSR count). The highest BCUT2D eigenvalue weighted by Crippen LogP contribution is 2.51. The van der Waals surface area contributed by atoms with E-state index in [0.717, 1.165) is 78.8 Å². The molecule has 2 aliphatic carbocycles. The molecule has 0 radical (unpaired) electrons. The molecule has 2 aromatic rings. The number of amides is 2. The van der Waals surface area contributed by atoms with Crippen molar-refractivity contribution in [1.29, 1.82) is 0 Å². The van der Waals surface area contributed by atoms with Crippen LogP contribution in [0.2, 0.25) is 6.32 Å². The van der Waals surface area contributed by atoms with Crippen LogP contribution in [-0.4, -0.2) is 57.8 Å². The number of nitrogens with zero attached hydrogens (tertiary/aromatic N) is 1. The number of rotatable bonds is 8. The minimum atomic E-state index is -1.02. The lowest BCUT2D eigenvalue weighted by Gasteiger charge is -2.43. The van der Waals surface area contributed by atoms with E-state index in [4.69, 9.17) is 4.65 Å². The van der Waals surface area contributed by atoms with Gasteiger partial charge in [-0.15, -0.1) is 0 Å². The molecule has 2 heterocycles. The fraction of sp³-hybridized carbons (Fsp3) is 0.529. The van der Waals surface area contributed by atoms with Gasteiger partial charge >= 0.3 is 7.12 Å². The predicted molar refractivity (Wildman–Crippen MR) is 163 cm³/mol. The van der Waals surface area contributed by atoms with Gasteiger partial charge in [0.1, 0.15) is 5.75 Å². The molecule has 2 amide bonds. The standard InChI is InChI=1S/C34H42BNO6/c1-2-8-21(17-22-14-15-29(38)26-12-7-6-11-25(22)26)13-16-30-31-23(20-37)18-27-32(28(31)19-35(41)42-30)34(40)36(33(27)39)24-9-4-3-5-10-24/h6-7,11-12,14-15,17,24,27-28,30,32,37-38,41H,2-5,8-10,13,16,18-20H2,1H3/b21-17+/t27-,28+,30-,32-/m1/s1. The zero-order chi connectivity index (χ0) is 29.4. The highest BCUT2D eigenvalue weighted by Gasteiger charge is 2.58. The second kappa shape index (κ2) is 12.4. The second-order valence-electron chi connectivity index (χ2n) is 12.6. The van der Waals surface area contributed by atoms with Gasteiger partial charge in [-0.2, -0.15) is 0 Å². The van der Waals surface area contributed by atoms with Gasteiger partial charge in [0.15, 0.2) is 0 Å². The van der Waals surface area contributed by atoms with Crippen LogP contribution in [0.1, 0.15) is 76.7 Å². The molecule has 7 nitrogen and oxygen atoms in total. The highest BCUT2D eigenvalue weighted by molar-refractivity contribution is 6.43. The van der Waals surface area contributed by atoms with Gasteiger partial charge < -0.3 is 19.9 Å². The molecule has 8 heteroatoms. The number of aliphatic hydroxyl groups excluding tert-OH is 1. The van der Waals surface area contributed by atoms with Crippen molar-refractivity contribution in [2.45, 2.75) is 89.6 Å². The first kappa shape index (κ1) is 29.2. The Hall–Kier alpha value is -2.94. The molecule has 42 heavy (non-hydrogen) atoms. The largest absolute Gasteiger partial charge is 0.507 e. The van der Waals surface area contributed by atoms with Gasteiger partial charge in [0, 0.05) is 11.4 Å². The maximum Gasteiger partial charge on any atom is 0.455 e. The van der Waals surface area contributed by atoms with E-state index in [1.165, 1.54) is 5.57 Å². The Morgan fingerprint density at radius 3 is 2.52 bits per heavy atom. The molecule has 0 spiro atoms. The molecule has 2 saturated heterocycles. The van der Waals surface area contributed by atoms with E-state index >= 15 is 0 Å². The number of aliphatic hydroxyl groups is 1. The summed E-state index contributed by atoms with van der Waals surface area (Å²) >= 11 is 0. The molecule has 0 bridgehead atoms. The van der Waals surface area contributed by atoms with E-state index in [9.17, 15) is 24.8 Å². The summed E-state index contributed by atoms with van der Waals surface area (Å²) < 4.78 is 6.12. The van der Waals surface area contributed by atoms with Crippen molar-refractivity contribution in [2.24, 2.45) is 17.8 Å². The average Bonchev–Trinajstić information content (AvgIpc) is 3.26. The van der Waals surface area contributed by atoms with Crippen molar-refractivity contribution in [3.63, 3.8) is 0 Å². The monoisotopic (exact) mass is 571 g/mol. The normalized spacial score (nSPS) is 27.2. The topological polar surface area (TPSA) is 107 Å². The van der Waals surface area contributed by atoms with Crippen molar-refractivity contribution in [1.82, 2.24) is 4.90 Å². The molecular formula is C34H42BNO6. The van der Waals surface area contributed by atoms with Crippen molar-refractivity contribution in [3.05, 3.63) is 58.7 Å². The third kappa shape index (κ3) is 5.33. The van der Waals surface area contributed by atoms with Crippen LogP contribution in [0, 0.1) is 17.8 Å². The van der Waals surface area contributed by atoms with Crippen molar-refractivity contribution < 1.29 is 29.5 Å². The molecule has 3 fully saturated rings. The number of allylic oxidation sites excluding steroid dienone is 1. The first-order valence-electron chi connectivity index (χ1n) is 15.8. The Bertz CT molecular complexity index is 1410. The van der Waals surface area contributed by atoms with E-state index in [-0.39, 0.29) is 42.5 Å². The van der Waals surface area contributed by atoms with Crippen LogP contribution < -0.4 is 0 Å². The van der Waals surface area contributed by atoms with Crippen LogP contribution in [0.5, 0.6) is 5.75 Å². The van der Waals surface area contributed by atoms with Gasteiger partial charge in [0.05, 0.1) is 24.5 Å². The van der Waals surface area contributed by atoms with Crippen molar-refractivity contribution in [2.75, 3.05) is 6.61 Å². The molecule has 0 aromatic heterocycles. The third-order valence-electron chi connectivity index (χ3n) is 10.1. The first-order valence-corrected chi connectivity index (χ1v) is 15.8. The van der Waals surface area contributed by atoms with E-state index in [2.05, 4.69) is 13.0 Å². The number of carbonyl (C=O) groups excluding carboxylic acids is 2. The average molecular weight is 572 g/mol. The Labute approximate surface area is 248 Å². The minimum Gasteiger partial charge on any atom is -0.507 e. The number of phenolic OH excluding ortho intramolecular Hbond substituents is 1. The predicted octanol–water partition coefficient (Wildman–Crippen LogP) is 5.63. The molecular weight excluding hydrogens is 529 g/mol. The van der Waals surface area contributed by atoms with Gasteiger partial charge in [-0.3, -0.25) is 14.5 Å². The van der Waals surface area contributed by atoms with Gasteiger partial charge in [-0.1, -0.05) is 74.6 Å². The van der Waals surface area contributed by atoms with Crippen molar-refractivity contribution >= 4 is 35.8 Å². The van der Waals surface area contributed by atoms with Crippen molar-refractivity contribution in [3.8, 4) is 5.75 Å². The zero-order valence-electron chi connectivity index (χ0n) is 24.5. The summed E-state index contributed by atoms with van der Waals surface area (Å²) in [5, 5.41) is 33.5. The van der Waals surface area contributed by atoms with Crippen LogP contribution in [0.3, 0.4) is 0 Å². The smallest absolute Gasteiger partial charge is 0.455 e. The molecule has 3 N–H and O–H groups in total. The molecule has 2 aromatic carbocycles. The summed E-state index contributed by atoms with van der Waals surface area (Å²) in [5.74, 6) is -1.16. The molecule has 2 aliphatic heterocycles. The van der Waals surface area contributed by atoms with Gasteiger partial charge in [0.25, 0.3) is 0 Å². The summed E-state index contributed by atoms with van der Waals surface area (Å²) in [6.45, 7) is 1.97. The van der Waals surface area contributed by atoms with E-state index in [0.29, 0.717) is 12.8 Å². The van der Waals surface area contributed by atoms with E-state index in [1.54, 1.807) is 11.0 Å². The molecule has 4 aliphatic rings. The maximum atomic E-state index is 13.9. The summed E-state index contributed by atoms with van der Waals surface area (Å²) in [6, 6.07) is 11.5. The third-order valence-corrected chi connectivity index (χ3v) is 10.1. The second-order valence-corrected chi connectivity index (χ2v) is 12.6. The van der Waals surface area contributed by atoms with Gasteiger partial charge in [0.2, 0.25) is 11.8 Å². The number of imide groups is 1. The minimum absolute atomic E-state index is 0.0244. The number of likely N-dealkylation sites (tertiary alicyclic amines) is 1. The number of carbonyl (C=O) groups is 2. The van der Waals surface area contributed by atoms with E-state index in [1.807, 2.05) is 30.3 Å². The molecule has 222 valence electrons. The van der Waals surface area contributed by atoms with Crippen LogP contribution in [0.15, 0.2) is 53.1 Å². The van der Waals surface area contributed by atoms with E-state index < -0.39 is 25.1 Å². The quantitative estimate of drug-likeness (QED) is 0.215. The van der Waals surface area contributed by atoms with Gasteiger partial charge in [-0.05, 0) is 78.9 Å². The van der Waals surface area contributed by atoms with Crippen LogP contribution in [0.4, 0.5) is 0 Å². The summed E-state index contributed by atoms with van der Waals surface area (Å²) in [4.78, 5) is 29.0. The Balaban J connectivity index is 1.27.